The lowest BCUT2D eigenvalue weighted by atomic mass is 10.0. The first-order valence-corrected chi connectivity index (χ1v) is 11.5. The summed E-state index contributed by atoms with van der Waals surface area (Å²) in [6.45, 7) is 0.420. The van der Waals surface area contributed by atoms with Gasteiger partial charge >= 0.3 is 0 Å². The second-order valence-corrected chi connectivity index (χ2v) is 8.65. The lowest BCUT2D eigenvalue weighted by Gasteiger charge is -2.17. The van der Waals surface area contributed by atoms with Crippen LogP contribution in [-0.4, -0.2) is 26.1 Å². The summed E-state index contributed by atoms with van der Waals surface area (Å²) in [5, 5.41) is 11.3. The predicted molar refractivity (Wildman–Crippen MR) is 138 cm³/mol. The van der Waals surface area contributed by atoms with Gasteiger partial charge in [-0.05, 0) is 41.8 Å². The SMILES string of the molecule is NCc1ccc(C(=O)N[C@@H](Cc2ccccc2)c2nc(-c3ccc4c(N)n[nH]c4c3)c(Cl)[nH]2)cc1. The number of fused-ring (bicyclic) bond motifs is 1. The minimum Gasteiger partial charge on any atom is -0.382 e. The Labute approximate surface area is 206 Å². The molecule has 3 aromatic carbocycles. The van der Waals surface area contributed by atoms with Crippen LogP contribution in [0.15, 0.2) is 72.8 Å². The van der Waals surface area contributed by atoms with E-state index in [-0.39, 0.29) is 5.91 Å². The number of halogens is 1. The zero-order valence-corrected chi connectivity index (χ0v) is 19.5. The van der Waals surface area contributed by atoms with Gasteiger partial charge in [-0.25, -0.2) is 4.98 Å². The van der Waals surface area contributed by atoms with E-state index in [1.54, 1.807) is 12.1 Å². The highest BCUT2D eigenvalue weighted by atomic mass is 35.5. The van der Waals surface area contributed by atoms with Crippen LogP contribution in [0.2, 0.25) is 5.15 Å². The highest BCUT2D eigenvalue weighted by Crippen LogP contribution is 2.31. The van der Waals surface area contributed by atoms with Gasteiger partial charge in [0.15, 0.2) is 5.82 Å². The number of rotatable bonds is 7. The third-order valence-electron chi connectivity index (χ3n) is 5.91. The fraction of sp³-hybridized carbons (Fsp3) is 0.115. The van der Waals surface area contributed by atoms with Crippen molar-refractivity contribution in [2.45, 2.75) is 19.0 Å². The van der Waals surface area contributed by atoms with Crippen LogP contribution in [0.5, 0.6) is 0 Å². The molecule has 2 heterocycles. The van der Waals surface area contributed by atoms with E-state index in [0.29, 0.717) is 41.0 Å². The number of nitrogen functional groups attached to an aromatic ring is 1. The van der Waals surface area contributed by atoms with Crippen molar-refractivity contribution in [2.24, 2.45) is 5.73 Å². The third kappa shape index (κ3) is 4.75. The standard InChI is InChI=1S/C26H24ClN7O/c27-23-22(18-10-11-19-20(13-18)33-34-24(19)29)31-25(32-23)21(12-15-4-2-1-3-5-15)30-26(35)17-8-6-16(14-28)7-9-17/h1-11,13,21H,12,14,28H2,(H,30,35)(H,31,32)(H3,29,33,34)/t21-/m0/s1. The second kappa shape index (κ2) is 9.61. The summed E-state index contributed by atoms with van der Waals surface area (Å²) in [6.07, 6.45) is 0.535. The minimum absolute atomic E-state index is 0.210. The van der Waals surface area contributed by atoms with Crippen LogP contribution in [0.25, 0.3) is 22.2 Å². The highest BCUT2D eigenvalue weighted by molar-refractivity contribution is 6.32. The minimum atomic E-state index is -0.433. The highest BCUT2D eigenvalue weighted by Gasteiger charge is 2.22. The van der Waals surface area contributed by atoms with E-state index in [1.165, 1.54) is 0 Å². The molecule has 0 unspecified atom stereocenters. The van der Waals surface area contributed by atoms with Gasteiger partial charge in [0.1, 0.15) is 16.7 Å². The van der Waals surface area contributed by atoms with Gasteiger partial charge in [0.2, 0.25) is 0 Å². The average molecular weight is 486 g/mol. The van der Waals surface area contributed by atoms with Gasteiger partial charge in [0.05, 0.1) is 11.6 Å². The molecule has 0 aliphatic carbocycles. The molecule has 2 aromatic heterocycles. The number of carbonyl (C=O) groups excluding carboxylic acids is 1. The molecule has 5 rings (SSSR count). The molecule has 0 bridgehead atoms. The molecule has 1 amide bonds. The first-order valence-electron chi connectivity index (χ1n) is 11.1. The molecule has 0 radical (unpaired) electrons. The van der Waals surface area contributed by atoms with Gasteiger partial charge < -0.3 is 21.8 Å². The first kappa shape index (κ1) is 22.6. The Morgan fingerprint density at radius 3 is 2.54 bits per heavy atom. The molecule has 9 heteroatoms. The Morgan fingerprint density at radius 2 is 1.80 bits per heavy atom. The van der Waals surface area contributed by atoms with E-state index >= 15 is 0 Å². The molecule has 0 fully saturated rings. The molecule has 0 aliphatic heterocycles. The molecule has 0 spiro atoms. The first-order chi connectivity index (χ1) is 17.0. The number of aromatic nitrogens is 4. The van der Waals surface area contributed by atoms with Crippen molar-refractivity contribution in [1.29, 1.82) is 0 Å². The number of aromatic amines is 2. The monoisotopic (exact) mass is 485 g/mol. The predicted octanol–water partition coefficient (Wildman–Crippen LogP) is 4.36. The number of amides is 1. The molecule has 7 N–H and O–H groups in total. The fourth-order valence-electron chi connectivity index (χ4n) is 4.01. The lowest BCUT2D eigenvalue weighted by molar-refractivity contribution is 0.0935. The number of carbonyl (C=O) groups is 1. The van der Waals surface area contributed by atoms with Gasteiger partial charge in [0.25, 0.3) is 5.91 Å². The Bertz CT molecular complexity index is 1480. The van der Waals surface area contributed by atoms with Gasteiger partial charge in [-0.1, -0.05) is 60.1 Å². The van der Waals surface area contributed by atoms with Crippen molar-refractivity contribution >= 4 is 34.2 Å². The van der Waals surface area contributed by atoms with Crippen LogP contribution < -0.4 is 16.8 Å². The van der Waals surface area contributed by atoms with Gasteiger partial charge in [-0.2, -0.15) is 5.10 Å². The van der Waals surface area contributed by atoms with E-state index in [0.717, 1.165) is 27.6 Å². The molecule has 0 saturated carbocycles. The number of nitrogens with one attached hydrogen (secondary N) is 3. The van der Waals surface area contributed by atoms with Gasteiger partial charge in [0, 0.05) is 23.1 Å². The third-order valence-corrected chi connectivity index (χ3v) is 6.19. The molecule has 0 aliphatic rings. The van der Waals surface area contributed by atoms with Crippen molar-refractivity contribution in [3.05, 3.63) is 100 Å². The molecule has 1 atom stereocenters. The Morgan fingerprint density at radius 1 is 1.03 bits per heavy atom. The summed E-state index contributed by atoms with van der Waals surface area (Å²) in [7, 11) is 0. The maximum Gasteiger partial charge on any atom is 0.251 e. The topological polar surface area (TPSA) is 138 Å². The Balaban J connectivity index is 1.47. The fourth-order valence-corrected chi connectivity index (χ4v) is 4.26. The van der Waals surface area contributed by atoms with Crippen LogP contribution in [0, 0.1) is 0 Å². The van der Waals surface area contributed by atoms with E-state index in [4.69, 9.17) is 28.1 Å². The Kier molecular flexibility index (Phi) is 6.22. The van der Waals surface area contributed by atoms with Crippen molar-refractivity contribution < 1.29 is 4.79 Å². The smallest absolute Gasteiger partial charge is 0.251 e. The largest absolute Gasteiger partial charge is 0.382 e. The summed E-state index contributed by atoms with van der Waals surface area (Å²) >= 11 is 6.58. The van der Waals surface area contributed by atoms with Crippen LogP contribution in [0.1, 0.15) is 33.4 Å². The number of nitrogens with zero attached hydrogens (tertiary/aromatic N) is 2. The summed E-state index contributed by atoms with van der Waals surface area (Å²) in [6, 6.07) is 22.4. The molecular formula is C26H24ClN7O. The quantitative estimate of drug-likeness (QED) is 0.233. The maximum atomic E-state index is 13.1. The Hall–Kier alpha value is -4.14. The molecule has 176 valence electrons. The van der Waals surface area contributed by atoms with Gasteiger partial charge in [-0.15, -0.1) is 0 Å². The molecule has 0 saturated heterocycles. The van der Waals surface area contributed by atoms with E-state index in [2.05, 4.69) is 20.5 Å². The number of anilines is 1. The number of hydrogen-bond acceptors (Lipinski definition) is 5. The zero-order chi connectivity index (χ0) is 24.4. The normalized spacial score (nSPS) is 12.1. The van der Waals surface area contributed by atoms with E-state index < -0.39 is 6.04 Å². The lowest BCUT2D eigenvalue weighted by Crippen LogP contribution is -2.30. The number of H-pyrrole nitrogens is 2. The summed E-state index contributed by atoms with van der Waals surface area (Å²) in [5.41, 5.74) is 16.3. The van der Waals surface area contributed by atoms with Crippen molar-refractivity contribution in [3.8, 4) is 11.3 Å². The molecule has 8 nitrogen and oxygen atoms in total. The van der Waals surface area contributed by atoms with Crippen molar-refractivity contribution in [2.75, 3.05) is 5.73 Å². The summed E-state index contributed by atoms with van der Waals surface area (Å²) in [4.78, 5) is 21.0. The second-order valence-electron chi connectivity index (χ2n) is 8.27. The average Bonchev–Trinajstić information content (AvgIpc) is 3.46. The molecule has 5 aromatic rings. The molecular weight excluding hydrogens is 462 g/mol. The van der Waals surface area contributed by atoms with Crippen molar-refractivity contribution in [1.82, 2.24) is 25.5 Å². The van der Waals surface area contributed by atoms with Gasteiger partial charge in [-0.3, -0.25) is 9.89 Å². The maximum absolute atomic E-state index is 13.1. The number of nitrogens with two attached hydrogens (primary N) is 2. The summed E-state index contributed by atoms with van der Waals surface area (Å²) < 4.78 is 0. The van der Waals surface area contributed by atoms with Crippen LogP contribution in [-0.2, 0) is 13.0 Å². The molecule has 35 heavy (non-hydrogen) atoms. The van der Waals surface area contributed by atoms with Crippen LogP contribution >= 0.6 is 11.6 Å². The summed E-state index contributed by atoms with van der Waals surface area (Å²) in [5.74, 6) is 0.786. The number of benzene rings is 3. The van der Waals surface area contributed by atoms with Crippen LogP contribution in [0.3, 0.4) is 0 Å². The number of hydrogen-bond donors (Lipinski definition) is 5. The number of imidazole rings is 1. The van der Waals surface area contributed by atoms with E-state index in [9.17, 15) is 4.79 Å². The van der Waals surface area contributed by atoms with Crippen LogP contribution in [0.4, 0.5) is 5.82 Å². The van der Waals surface area contributed by atoms with Crippen molar-refractivity contribution in [3.63, 3.8) is 0 Å². The van der Waals surface area contributed by atoms with E-state index in [1.807, 2.05) is 60.7 Å². The zero-order valence-electron chi connectivity index (χ0n) is 18.8.